The van der Waals surface area contributed by atoms with Crippen LogP contribution in [-0.4, -0.2) is 26.7 Å². The van der Waals surface area contributed by atoms with Crippen molar-refractivity contribution in [1.82, 2.24) is 20.1 Å². The number of carbonyl (C=O) groups is 1. The minimum absolute atomic E-state index is 0.0326. The Morgan fingerprint density at radius 2 is 1.97 bits per heavy atom. The Kier molecular flexibility index (Phi) is 4.96. The van der Waals surface area contributed by atoms with Gasteiger partial charge in [-0.2, -0.15) is 5.10 Å². The van der Waals surface area contributed by atoms with E-state index in [0.717, 1.165) is 36.2 Å². The normalized spacial score (nSPS) is 13.4. The van der Waals surface area contributed by atoms with E-state index in [-0.39, 0.29) is 30.0 Å². The number of hydrogen-bond acceptors (Lipinski definition) is 4. The number of nitrogens with one attached hydrogen (secondary N) is 2. The van der Waals surface area contributed by atoms with E-state index in [0.29, 0.717) is 5.69 Å². The lowest BCUT2D eigenvalue weighted by Crippen LogP contribution is -2.29. The molecule has 9 heteroatoms. The molecule has 2 heterocycles. The summed E-state index contributed by atoms with van der Waals surface area (Å²) in [5.74, 6) is -4.18. The number of amides is 1. The summed E-state index contributed by atoms with van der Waals surface area (Å²) in [6.07, 6.45) is 3.56. The molecule has 0 bridgehead atoms. The first-order chi connectivity index (χ1) is 13.9. The molecule has 0 aliphatic heterocycles. The number of aromatic nitrogens is 3. The van der Waals surface area contributed by atoms with Gasteiger partial charge in [-0.3, -0.25) is 14.5 Å². The number of hydrogen-bond donors (Lipinski definition) is 2. The van der Waals surface area contributed by atoms with Gasteiger partial charge >= 0.3 is 0 Å². The van der Waals surface area contributed by atoms with Gasteiger partial charge in [0, 0.05) is 29.6 Å². The predicted octanol–water partition coefficient (Wildman–Crippen LogP) is 3.69. The topological polar surface area (TPSA) is 71.8 Å². The minimum Gasteiger partial charge on any atom is -0.352 e. The second-order valence-corrected chi connectivity index (χ2v) is 6.95. The first kappa shape index (κ1) is 19.0. The predicted molar refractivity (Wildman–Crippen MR) is 101 cm³/mol. The highest BCUT2D eigenvalue weighted by Crippen LogP contribution is 2.27. The number of aryl methyl sites for hydroxylation is 1. The highest BCUT2D eigenvalue weighted by Gasteiger charge is 2.24. The molecule has 0 radical (unpaired) electrons. The van der Waals surface area contributed by atoms with Crippen molar-refractivity contribution in [2.45, 2.75) is 32.4 Å². The Balaban J connectivity index is 1.66. The van der Waals surface area contributed by atoms with E-state index >= 15 is 0 Å². The third-order valence-corrected chi connectivity index (χ3v) is 4.51. The lowest BCUT2D eigenvalue weighted by atomic mass is 10.1. The van der Waals surface area contributed by atoms with Crippen LogP contribution < -0.4 is 10.6 Å². The second kappa shape index (κ2) is 7.57. The zero-order chi connectivity index (χ0) is 20.5. The highest BCUT2D eigenvalue weighted by atomic mass is 19.2. The summed E-state index contributed by atoms with van der Waals surface area (Å²) in [4.78, 5) is 16.4. The van der Waals surface area contributed by atoms with Crippen molar-refractivity contribution >= 4 is 17.4 Å². The van der Waals surface area contributed by atoms with Crippen LogP contribution in [0.25, 0.3) is 11.3 Å². The lowest BCUT2D eigenvalue weighted by molar-refractivity contribution is -0.121. The van der Waals surface area contributed by atoms with Crippen molar-refractivity contribution in [3.05, 3.63) is 59.7 Å². The van der Waals surface area contributed by atoms with Gasteiger partial charge in [-0.05, 0) is 44.0 Å². The SMILES string of the molecule is Cc1cc(-c2cc(Nc3ccc(F)c(F)c3F)nn2CC(=O)NC2CC2)ccn1. The first-order valence-electron chi connectivity index (χ1n) is 9.11. The summed E-state index contributed by atoms with van der Waals surface area (Å²) < 4.78 is 42.2. The van der Waals surface area contributed by atoms with Crippen LogP contribution >= 0.6 is 0 Å². The van der Waals surface area contributed by atoms with E-state index in [1.807, 2.05) is 13.0 Å². The van der Waals surface area contributed by atoms with E-state index in [2.05, 4.69) is 20.7 Å². The molecule has 1 saturated carbocycles. The molecule has 4 rings (SSSR count). The maximum Gasteiger partial charge on any atom is 0.241 e. The fourth-order valence-corrected chi connectivity index (χ4v) is 2.93. The minimum atomic E-state index is -1.57. The summed E-state index contributed by atoms with van der Waals surface area (Å²) in [7, 11) is 0. The molecule has 150 valence electrons. The Hall–Kier alpha value is -3.36. The van der Waals surface area contributed by atoms with Gasteiger partial charge in [-0.15, -0.1) is 0 Å². The Bertz CT molecular complexity index is 1080. The van der Waals surface area contributed by atoms with Crippen LogP contribution in [0.15, 0.2) is 36.5 Å². The lowest BCUT2D eigenvalue weighted by Gasteiger charge is -2.08. The number of anilines is 2. The smallest absolute Gasteiger partial charge is 0.241 e. The number of rotatable bonds is 6. The molecule has 2 N–H and O–H groups in total. The van der Waals surface area contributed by atoms with Crippen LogP contribution in [-0.2, 0) is 11.3 Å². The second-order valence-electron chi connectivity index (χ2n) is 6.95. The number of benzene rings is 1. The molecule has 0 saturated heterocycles. The Labute approximate surface area is 164 Å². The fraction of sp³-hybridized carbons (Fsp3) is 0.250. The van der Waals surface area contributed by atoms with Gasteiger partial charge in [0.15, 0.2) is 23.3 Å². The molecule has 0 unspecified atom stereocenters. The average Bonchev–Trinajstić information content (AvgIpc) is 3.41. The van der Waals surface area contributed by atoms with Gasteiger partial charge in [-0.1, -0.05) is 0 Å². The monoisotopic (exact) mass is 401 g/mol. The Morgan fingerprint density at radius 1 is 1.17 bits per heavy atom. The molecule has 2 aromatic heterocycles. The van der Waals surface area contributed by atoms with Gasteiger partial charge < -0.3 is 10.6 Å². The van der Waals surface area contributed by atoms with E-state index < -0.39 is 17.5 Å². The third-order valence-electron chi connectivity index (χ3n) is 4.51. The number of nitrogens with zero attached hydrogens (tertiary/aromatic N) is 3. The van der Waals surface area contributed by atoms with Gasteiger partial charge in [0.25, 0.3) is 0 Å². The van der Waals surface area contributed by atoms with Gasteiger partial charge in [0.1, 0.15) is 6.54 Å². The van der Waals surface area contributed by atoms with Crippen LogP contribution in [0.4, 0.5) is 24.7 Å². The summed E-state index contributed by atoms with van der Waals surface area (Å²) >= 11 is 0. The first-order valence-corrected chi connectivity index (χ1v) is 9.11. The van der Waals surface area contributed by atoms with Crippen molar-refractivity contribution in [2.75, 3.05) is 5.32 Å². The molecular weight excluding hydrogens is 383 g/mol. The largest absolute Gasteiger partial charge is 0.352 e. The van der Waals surface area contributed by atoms with Crippen LogP contribution in [0.3, 0.4) is 0 Å². The molecule has 1 aromatic carbocycles. The standard InChI is InChI=1S/C20H18F3N5O/c1-11-8-12(6-7-24-11)16-9-17(26-15-5-4-14(21)19(22)20(15)23)27-28(16)10-18(29)25-13-2-3-13/h4-9,13H,2-3,10H2,1H3,(H,25,29)(H,26,27). The van der Waals surface area contributed by atoms with Crippen LogP contribution in [0, 0.1) is 24.4 Å². The molecule has 1 aliphatic rings. The molecule has 1 fully saturated rings. The molecule has 1 amide bonds. The maximum atomic E-state index is 14.0. The number of halogens is 3. The zero-order valence-corrected chi connectivity index (χ0v) is 15.5. The van der Waals surface area contributed by atoms with E-state index in [4.69, 9.17) is 0 Å². The zero-order valence-electron chi connectivity index (χ0n) is 15.5. The van der Waals surface area contributed by atoms with Crippen molar-refractivity contribution in [3.8, 4) is 11.3 Å². The number of carbonyl (C=O) groups excluding carboxylic acids is 1. The summed E-state index contributed by atoms with van der Waals surface area (Å²) in [5, 5.41) is 9.86. The van der Waals surface area contributed by atoms with Crippen molar-refractivity contribution in [2.24, 2.45) is 0 Å². The quantitative estimate of drug-likeness (QED) is 0.618. The van der Waals surface area contributed by atoms with E-state index in [1.165, 1.54) is 4.68 Å². The van der Waals surface area contributed by atoms with E-state index in [9.17, 15) is 18.0 Å². The van der Waals surface area contributed by atoms with Gasteiger partial charge in [-0.25, -0.2) is 13.2 Å². The van der Waals surface area contributed by atoms with Crippen molar-refractivity contribution < 1.29 is 18.0 Å². The highest BCUT2D eigenvalue weighted by molar-refractivity contribution is 5.78. The van der Waals surface area contributed by atoms with Crippen LogP contribution in [0.1, 0.15) is 18.5 Å². The molecule has 6 nitrogen and oxygen atoms in total. The summed E-state index contributed by atoms with van der Waals surface area (Å²) in [5.41, 5.74) is 1.89. The fourth-order valence-electron chi connectivity index (χ4n) is 2.93. The van der Waals surface area contributed by atoms with Crippen molar-refractivity contribution in [1.29, 1.82) is 0 Å². The maximum absolute atomic E-state index is 14.0. The number of pyridine rings is 1. The summed E-state index contributed by atoms with van der Waals surface area (Å²) in [6.45, 7) is 1.80. The molecule has 29 heavy (non-hydrogen) atoms. The molecular formula is C20H18F3N5O. The molecule has 1 aliphatic carbocycles. The average molecular weight is 401 g/mol. The molecule has 0 spiro atoms. The molecule has 0 atom stereocenters. The van der Waals surface area contributed by atoms with Crippen molar-refractivity contribution in [3.63, 3.8) is 0 Å². The third kappa shape index (κ3) is 4.23. The van der Waals surface area contributed by atoms with Gasteiger partial charge in [0.05, 0.1) is 11.4 Å². The molecule has 3 aromatic rings. The summed E-state index contributed by atoms with van der Waals surface area (Å²) in [6, 6.07) is 7.32. The van der Waals surface area contributed by atoms with Crippen LogP contribution in [0.2, 0.25) is 0 Å². The van der Waals surface area contributed by atoms with Crippen LogP contribution in [0.5, 0.6) is 0 Å². The van der Waals surface area contributed by atoms with Gasteiger partial charge in [0.2, 0.25) is 5.91 Å². The van der Waals surface area contributed by atoms with E-state index in [1.54, 1.807) is 18.3 Å². The Morgan fingerprint density at radius 3 is 2.69 bits per heavy atom.